The van der Waals surface area contributed by atoms with Crippen LogP contribution in [-0.2, 0) is 9.59 Å². The molecule has 28 heavy (non-hydrogen) atoms. The molecule has 0 aliphatic heterocycles. The monoisotopic (exact) mass is 394 g/mol. The van der Waals surface area contributed by atoms with Crippen LogP contribution in [0.3, 0.4) is 0 Å². The van der Waals surface area contributed by atoms with Gasteiger partial charge in [0.2, 0.25) is 0 Å². The summed E-state index contributed by atoms with van der Waals surface area (Å²) >= 11 is 0. The molecule has 0 amide bonds. The molecule has 2 N–H and O–H groups in total. The van der Waals surface area contributed by atoms with E-state index in [2.05, 4.69) is 0 Å². The van der Waals surface area contributed by atoms with Gasteiger partial charge in [-0.2, -0.15) is 0 Å². The molecule has 0 aromatic carbocycles. The Bertz CT molecular complexity index is 806. The van der Waals surface area contributed by atoms with E-state index in [9.17, 15) is 24.2 Å². The summed E-state index contributed by atoms with van der Waals surface area (Å²) in [6, 6.07) is 0. The normalized spacial score (nSPS) is 52.5. The summed E-state index contributed by atoms with van der Waals surface area (Å²) in [6.07, 6.45) is 4.18. The van der Waals surface area contributed by atoms with Gasteiger partial charge in [-0.3, -0.25) is 9.59 Å². The van der Waals surface area contributed by atoms with E-state index in [1.807, 2.05) is 0 Å². The minimum atomic E-state index is -2.01. The van der Waals surface area contributed by atoms with Crippen LogP contribution in [0.2, 0.25) is 0 Å². The maximum Gasteiger partial charge on any atom is 0.196 e. The van der Waals surface area contributed by atoms with Gasteiger partial charge in [0.1, 0.15) is 5.60 Å². The van der Waals surface area contributed by atoms with Crippen molar-refractivity contribution in [2.45, 2.75) is 63.8 Å². The van der Waals surface area contributed by atoms with Crippen LogP contribution in [0, 0.1) is 28.6 Å². The topological polar surface area (TPSA) is 74.6 Å². The number of allylic oxidation sites excluding steroid dienone is 4. The second kappa shape index (κ2) is 5.82. The van der Waals surface area contributed by atoms with Crippen molar-refractivity contribution in [1.29, 1.82) is 0 Å². The van der Waals surface area contributed by atoms with Crippen LogP contribution in [0.1, 0.15) is 46.5 Å². The van der Waals surface area contributed by atoms with E-state index >= 15 is 4.39 Å². The Labute approximate surface area is 163 Å². The van der Waals surface area contributed by atoms with Gasteiger partial charge in [0.05, 0.1) is 6.10 Å². The zero-order valence-electron chi connectivity index (χ0n) is 16.5. The van der Waals surface area contributed by atoms with Crippen molar-refractivity contribution >= 4 is 11.6 Å². The fourth-order valence-electron chi connectivity index (χ4n) is 7.24. The van der Waals surface area contributed by atoms with Gasteiger partial charge in [-0.05, 0) is 56.6 Å². The summed E-state index contributed by atoms with van der Waals surface area (Å²) < 4.78 is 30.2. The number of carbonyl (C=O) groups is 2. The van der Waals surface area contributed by atoms with Gasteiger partial charge in [-0.25, -0.2) is 8.78 Å². The fraction of sp³-hybridized carbons (Fsp3) is 0.727. The molecular weight excluding hydrogens is 366 g/mol. The van der Waals surface area contributed by atoms with Gasteiger partial charge in [0.15, 0.2) is 23.9 Å². The molecule has 4 aliphatic rings. The number of ketones is 2. The summed E-state index contributed by atoms with van der Waals surface area (Å²) in [4.78, 5) is 24.2. The molecule has 0 aromatic rings. The summed E-state index contributed by atoms with van der Waals surface area (Å²) in [7, 11) is 0. The number of aliphatic hydroxyl groups excluding tert-OH is 1. The number of halogens is 2. The average Bonchev–Trinajstić information content (AvgIpc) is 2.84. The van der Waals surface area contributed by atoms with Gasteiger partial charge >= 0.3 is 0 Å². The number of hydrogen-bond acceptors (Lipinski definition) is 4. The first kappa shape index (κ1) is 19.9. The smallest absolute Gasteiger partial charge is 0.196 e. The molecule has 0 saturated heterocycles. The van der Waals surface area contributed by atoms with Crippen LogP contribution >= 0.6 is 0 Å². The van der Waals surface area contributed by atoms with E-state index in [0.29, 0.717) is 24.8 Å². The third-order valence-corrected chi connectivity index (χ3v) is 8.77. The van der Waals surface area contributed by atoms with Crippen molar-refractivity contribution in [3.8, 4) is 0 Å². The number of carbonyl (C=O) groups excluding carboxylic acids is 2. The zero-order valence-corrected chi connectivity index (χ0v) is 16.5. The van der Waals surface area contributed by atoms with Crippen molar-refractivity contribution in [3.63, 3.8) is 0 Å². The summed E-state index contributed by atoms with van der Waals surface area (Å²) in [5, 5.41) is 22.4. The van der Waals surface area contributed by atoms with Crippen LogP contribution in [0.4, 0.5) is 8.78 Å². The number of hydrogen-bond donors (Lipinski definition) is 2. The lowest BCUT2D eigenvalue weighted by atomic mass is 9.44. The molecule has 3 saturated carbocycles. The van der Waals surface area contributed by atoms with E-state index < -0.39 is 52.5 Å². The Morgan fingerprint density at radius 1 is 1.32 bits per heavy atom. The number of fused-ring (bicyclic) bond motifs is 5. The first-order valence-electron chi connectivity index (χ1n) is 10.1. The molecule has 154 valence electrons. The van der Waals surface area contributed by atoms with E-state index in [0.717, 1.165) is 0 Å². The molecule has 4 nitrogen and oxygen atoms in total. The minimum Gasteiger partial charge on any atom is -0.390 e. The summed E-state index contributed by atoms with van der Waals surface area (Å²) in [5.41, 5.74) is -5.45. The highest BCUT2D eigenvalue weighted by molar-refractivity contribution is 6.01. The molecule has 3 fully saturated rings. The van der Waals surface area contributed by atoms with Crippen molar-refractivity contribution in [2.75, 3.05) is 6.67 Å². The van der Waals surface area contributed by atoms with E-state index in [1.165, 1.54) is 12.2 Å². The average molecular weight is 394 g/mol. The van der Waals surface area contributed by atoms with Gasteiger partial charge in [-0.1, -0.05) is 25.5 Å². The molecule has 0 bridgehead atoms. The second-order valence-electron chi connectivity index (χ2n) is 9.72. The molecule has 4 rings (SSSR count). The maximum absolute atomic E-state index is 16.8. The van der Waals surface area contributed by atoms with Gasteiger partial charge < -0.3 is 10.2 Å². The van der Waals surface area contributed by atoms with Crippen LogP contribution in [-0.4, -0.2) is 45.8 Å². The van der Waals surface area contributed by atoms with Crippen molar-refractivity contribution in [3.05, 3.63) is 23.8 Å². The molecule has 0 radical (unpaired) electrons. The standard InChI is InChI=1S/C22H28F2O4/c1-12-8-16-15-5-4-13-9-14(25)6-7-19(13,2)21(15,24)17(26)10-20(16,3)22(12,28)18(27)11-23/h6-7,9,12,15-17,26,28H,4-5,8,10-11H2,1-3H3/t12?,15-,16-,17?,19-,20-,21-,22-/m0/s1. The fourth-order valence-corrected chi connectivity index (χ4v) is 7.24. The molecule has 0 spiro atoms. The number of Topliss-reactive ketones (excluding diaryl/α,β-unsaturated/α-hetero) is 1. The SMILES string of the molecule is CC1C[C@H]2[C@@H]3CCC4=CC(=O)C=C[C@]4(C)[C@@]3(F)C(O)C[C@]2(C)[C@@]1(O)C(=O)CF. The van der Waals surface area contributed by atoms with Gasteiger partial charge in [0, 0.05) is 16.7 Å². The Balaban J connectivity index is 1.84. The Hall–Kier alpha value is -1.40. The first-order valence-corrected chi connectivity index (χ1v) is 10.1. The molecular formula is C22H28F2O4. The van der Waals surface area contributed by atoms with E-state index in [1.54, 1.807) is 26.8 Å². The Kier molecular flexibility index (Phi) is 4.13. The lowest BCUT2D eigenvalue weighted by Gasteiger charge is -2.62. The molecule has 8 atom stereocenters. The maximum atomic E-state index is 16.8. The Morgan fingerprint density at radius 2 is 2.00 bits per heavy atom. The van der Waals surface area contributed by atoms with Crippen molar-refractivity contribution in [1.82, 2.24) is 0 Å². The third-order valence-electron chi connectivity index (χ3n) is 8.77. The molecule has 4 aliphatic carbocycles. The summed E-state index contributed by atoms with van der Waals surface area (Å²) in [6.45, 7) is 3.85. The molecule has 6 heteroatoms. The molecule has 0 aromatic heterocycles. The highest BCUT2D eigenvalue weighted by Gasteiger charge is 2.75. The highest BCUT2D eigenvalue weighted by Crippen LogP contribution is 2.70. The van der Waals surface area contributed by atoms with Crippen LogP contribution in [0.5, 0.6) is 0 Å². The number of alkyl halides is 2. The zero-order chi connectivity index (χ0) is 20.7. The van der Waals surface area contributed by atoms with E-state index in [4.69, 9.17) is 0 Å². The second-order valence-corrected chi connectivity index (χ2v) is 9.72. The van der Waals surface area contributed by atoms with Crippen LogP contribution in [0.25, 0.3) is 0 Å². The predicted octanol–water partition coefficient (Wildman–Crippen LogP) is 2.87. The van der Waals surface area contributed by atoms with Crippen molar-refractivity contribution < 1.29 is 28.6 Å². The van der Waals surface area contributed by atoms with Crippen molar-refractivity contribution in [2.24, 2.45) is 28.6 Å². The predicted molar refractivity (Wildman–Crippen MR) is 98.8 cm³/mol. The number of aliphatic hydroxyl groups is 2. The van der Waals surface area contributed by atoms with Crippen LogP contribution in [0.15, 0.2) is 23.8 Å². The Morgan fingerprint density at radius 3 is 2.64 bits per heavy atom. The lowest BCUT2D eigenvalue weighted by molar-refractivity contribution is -0.219. The largest absolute Gasteiger partial charge is 0.390 e. The van der Waals surface area contributed by atoms with Gasteiger partial charge in [0.25, 0.3) is 0 Å². The highest BCUT2D eigenvalue weighted by atomic mass is 19.1. The molecule has 2 unspecified atom stereocenters. The van der Waals surface area contributed by atoms with E-state index in [-0.39, 0.29) is 18.1 Å². The summed E-state index contributed by atoms with van der Waals surface area (Å²) in [5.74, 6) is -2.53. The quantitative estimate of drug-likeness (QED) is 0.755. The number of rotatable bonds is 2. The lowest BCUT2D eigenvalue weighted by Crippen LogP contribution is -2.69. The first-order chi connectivity index (χ1) is 13.0. The van der Waals surface area contributed by atoms with Crippen LogP contribution < -0.4 is 0 Å². The minimum absolute atomic E-state index is 0.123. The third kappa shape index (κ3) is 2.01. The molecule has 0 heterocycles. The van der Waals surface area contributed by atoms with Gasteiger partial charge in [-0.15, -0.1) is 0 Å².